The molecule has 12 aromatic rings. The van der Waals surface area contributed by atoms with E-state index in [1.165, 1.54) is 77.7 Å². The maximum Gasteiger partial charge on any atom is 0.573 e. The first-order valence-corrected chi connectivity index (χ1v) is 42.4. The van der Waals surface area contributed by atoms with Crippen LogP contribution in [0.15, 0.2) is 297 Å². The number of fused-ring (bicyclic) bond motifs is 1. The number of likely N-dealkylation sites (tertiary alicyclic amines) is 2. The quantitative estimate of drug-likeness (QED) is 0.0144. The van der Waals surface area contributed by atoms with Crippen molar-refractivity contribution in [2.24, 2.45) is 0 Å². The molecule has 0 radical (unpaired) electrons. The van der Waals surface area contributed by atoms with Crippen molar-refractivity contribution < 1.29 is 156 Å². The molecule has 6 N–H and O–H groups in total. The molecule has 0 saturated carbocycles. The van der Waals surface area contributed by atoms with E-state index in [4.69, 9.17) is 14.2 Å². The van der Waals surface area contributed by atoms with Crippen molar-refractivity contribution in [2.75, 3.05) is 27.3 Å². The highest BCUT2D eigenvalue weighted by Crippen LogP contribution is 2.45. The average molecular weight is 1970 g/mol. The fraction of sp³-hybridized carbons (Fsp3) is 0.253. The molecule has 23 nitrogen and oxygen atoms in total. The second-order valence-corrected chi connectivity index (χ2v) is 31.8. The molecule has 4 atom stereocenters. The van der Waals surface area contributed by atoms with E-state index in [2.05, 4.69) is 54.7 Å². The largest absolute Gasteiger partial charge is 0.573 e. The number of rotatable bonds is 29. The number of carbonyl (C=O) groups is 6. The molecule has 6 amide bonds. The number of aromatic nitrogens is 1. The van der Waals surface area contributed by atoms with E-state index in [1.54, 1.807) is 128 Å². The van der Waals surface area contributed by atoms with E-state index in [9.17, 15) is 113 Å². The number of alkyl halides is 18. The van der Waals surface area contributed by atoms with Crippen LogP contribution in [0.3, 0.4) is 0 Å². The Bertz CT molecular complexity index is 6040. The van der Waals surface area contributed by atoms with E-state index in [0.29, 0.717) is 28.7 Å². The summed E-state index contributed by atoms with van der Waals surface area (Å²) in [5.74, 6) is -6.07. The van der Waals surface area contributed by atoms with Crippen LogP contribution in [0.4, 0.5) is 93.4 Å². The Kier molecular flexibility index (Phi) is 32.9. The molecule has 2 aliphatic rings. The summed E-state index contributed by atoms with van der Waals surface area (Å²) in [6.45, 7) is -0.171. The zero-order valence-electron chi connectivity index (χ0n) is 73.4. The van der Waals surface area contributed by atoms with Crippen molar-refractivity contribution in [3.8, 4) is 34.5 Å². The van der Waals surface area contributed by atoms with E-state index >= 15 is 0 Å². The van der Waals surface area contributed by atoms with Crippen molar-refractivity contribution in [2.45, 2.75) is 131 Å². The number of urea groups is 3. The predicted octanol–water partition coefficient (Wildman–Crippen LogP) is 20.7. The zero-order chi connectivity index (χ0) is 101. The third kappa shape index (κ3) is 28.7. The predicted molar refractivity (Wildman–Crippen MR) is 467 cm³/mol. The first kappa shape index (κ1) is 104. The molecule has 0 unspecified atom stereocenters. The number of esters is 3. The molecule has 0 bridgehead atoms. The number of nitrogens with one attached hydrogen (secondary N) is 5. The molecule has 41 heteroatoms. The van der Waals surface area contributed by atoms with Crippen molar-refractivity contribution in [1.82, 2.24) is 36.1 Å². The number of amides is 6. The highest BCUT2D eigenvalue weighted by Gasteiger charge is 2.49. The van der Waals surface area contributed by atoms with E-state index in [0.717, 1.165) is 108 Å². The van der Waals surface area contributed by atoms with Crippen molar-refractivity contribution >= 4 is 46.9 Å². The number of halogens is 18. The number of hydrogen-bond acceptors (Lipinski definition) is 16. The minimum absolute atomic E-state index is 0.00461. The Labute approximate surface area is 786 Å². The Morgan fingerprint density at radius 1 is 0.386 bits per heavy atom. The molecule has 738 valence electrons. The Hall–Kier alpha value is -15.3. The van der Waals surface area contributed by atoms with Gasteiger partial charge in [0.15, 0.2) is 0 Å². The number of benzene rings is 11. The normalized spacial score (nSPS) is 14.9. The van der Waals surface area contributed by atoms with Gasteiger partial charge in [-0.15, -0.1) is 79.0 Å². The smallest absolute Gasteiger partial charge is 0.467 e. The van der Waals surface area contributed by atoms with Crippen LogP contribution in [-0.2, 0) is 77.5 Å². The molecule has 0 spiro atoms. The number of aliphatic hydroxyl groups excluding tert-OH is 1. The summed E-state index contributed by atoms with van der Waals surface area (Å²) < 4.78 is 279. The van der Waals surface area contributed by atoms with Crippen LogP contribution in [-0.4, -0.2) is 146 Å². The number of aromatic amines is 1. The van der Waals surface area contributed by atoms with Gasteiger partial charge in [-0.25, -0.2) is 28.8 Å². The lowest BCUT2D eigenvalue weighted by molar-refractivity contribution is -0.275. The molecular weight excluding hydrogens is 1890 g/mol. The molecule has 2 aliphatic heterocycles. The highest BCUT2D eigenvalue weighted by atomic mass is 19.4. The van der Waals surface area contributed by atoms with Crippen molar-refractivity contribution in [1.29, 1.82) is 0 Å². The van der Waals surface area contributed by atoms with Crippen LogP contribution in [0.1, 0.15) is 80.5 Å². The van der Waals surface area contributed by atoms with Crippen LogP contribution in [0.2, 0.25) is 0 Å². The fourth-order valence-corrected chi connectivity index (χ4v) is 16.4. The third-order valence-corrected chi connectivity index (χ3v) is 22.2. The lowest BCUT2D eigenvalue weighted by atomic mass is 9.77. The molecule has 11 aromatic carbocycles. The van der Waals surface area contributed by atoms with Gasteiger partial charge in [0.05, 0.1) is 36.9 Å². The molecule has 2 saturated heterocycles. The number of H-pyrrole nitrogens is 1. The summed E-state index contributed by atoms with van der Waals surface area (Å²) in [6.07, 6.45) is -29.7. The second-order valence-electron chi connectivity index (χ2n) is 31.8. The number of carbonyl (C=O) groups excluding carboxylic acids is 6. The van der Waals surface area contributed by atoms with Crippen LogP contribution < -0.4 is 49.7 Å². The fourth-order valence-electron chi connectivity index (χ4n) is 16.4. The molecular formula is C99H85F18N7O16. The maximum absolute atomic E-state index is 14.2. The summed E-state index contributed by atoms with van der Waals surface area (Å²) in [6, 6.07) is 63.8. The van der Waals surface area contributed by atoms with Gasteiger partial charge in [0, 0.05) is 62.3 Å². The Morgan fingerprint density at radius 2 is 0.714 bits per heavy atom. The van der Waals surface area contributed by atoms with Crippen molar-refractivity contribution in [3.63, 3.8) is 0 Å². The minimum atomic E-state index is -5.07. The second kappa shape index (κ2) is 44.4. The zero-order valence-corrected chi connectivity index (χ0v) is 73.4. The van der Waals surface area contributed by atoms with E-state index in [-0.39, 0.29) is 91.6 Å². The molecule has 1 aromatic heterocycles. The van der Waals surface area contributed by atoms with Gasteiger partial charge in [0.25, 0.3) is 0 Å². The Morgan fingerprint density at radius 3 is 1.06 bits per heavy atom. The molecule has 14 rings (SSSR count). The van der Waals surface area contributed by atoms with Gasteiger partial charge in [-0.05, 0) is 153 Å². The summed E-state index contributed by atoms with van der Waals surface area (Å²) in [5.41, 5.74) is -1.46. The first-order chi connectivity index (χ1) is 66.2. The number of aliphatic hydroxyl groups is 1. The van der Waals surface area contributed by atoms with E-state index < -0.39 is 150 Å². The SMILES string of the molecule is COC(=O)[C@@H](Cc1c[nH]c2ccccc12)NC(=O)NC(Cc1ccccc1)(c1cccc(OC(F)(F)F)c1)c1cccc(OC(F)(F)F)c1.COC(=O)[C@@H]1C[C@@H](O)CN1C(=O)NC(Cc1ccccc1)(c1cccc(OC(F)(F)F)c1)c1cccc(OC(F)(F)F)c1.O=C(OCc1ccccc1)[C@@H]1CCCN1C(=O)NC(Cc1ccccc1)(c1cccc(OC(F)(F)F)c1)c1cccc(OC(F)(F)F)c1. The number of nitrogens with zero attached hydrogens (tertiary/aromatic N) is 2. The number of hydrogen-bond donors (Lipinski definition) is 6. The minimum Gasteiger partial charge on any atom is -0.467 e. The maximum atomic E-state index is 14.2. The van der Waals surface area contributed by atoms with E-state index in [1.807, 2.05) is 24.3 Å². The van der Waals surface area contributed by atoms with Gasteiger partial charge in [-0.2, -0.15) is 0 Å². The van der Waals surface area contributed by atoms with Crippen LogP contribution in [0.5, 0.6) is 34.5 Å². The topological polar surface area (TPSA) is 276 Å². The van der Waals surface area contributed by atoms with Crippen molar-refractivity contribution in [3.05, 3.63) is 359 Å². The number of methoxy groups -OCH3 is 2. The highest BCUT2D eigenvalue weighted by molar-refractivity contribution is 5.89. The van der Waals surface area contributed by atoms with Gasteiger partial charge in [0.2, 0.25) is 0 Å². The summed E-state index contributed by atoms with van der Waals surface area (Å²) in [5, 5.41) is 22.1. The molecule has 140 heavy (non-hydrogen) atoms. The Balaban J connectivity index is 0.000000188. The summed E-state index contributed by atoms with van der Waals surface area (Å²) >= 11 is 0. The average Bonchev–Trinajstić information content (AvgIpc) is 1.04. The number of β-amino-alcohol motifs (C(OH)–C–C–N with tert-alkyl or cyclic N) is 1. The van der Waals surface area contributed by atoms with Crippen LogP contribution in [0.25, 0.3) is 10.9 Å². The lowest BCUT2D eigenvalue weighted by Crippen LogP contribution is -2.55. The van der Waals surface area contributed by atoms with Gasteiger partial charge in [0.1, 0.15) is 59.2 Å². The standard InChI is InChI=1S/C35H29F6N3O5.C35H30F6N2O5.C29H26F6N2O6/c1-47-31(45)30(17-23-21-42-29-16-6-5-15-28(23)29)43-32(46)44-33(20-22-9-3-2-4-10-22,24-11-7-13-26(18-24)48-34(36,37)38)25-12-8-14-27(19-25)49-35(39,40)41;36-34(37,38)47-28-16-7-14-26(20-28)33(22-24-10-3-1-4-11-24,27-15-8-17-29(21-27)48-35(39,40)41)42-32(45)43-19-9-18-30(43)31(44)46-23-25-12-5-2-6-13-25;1-41-25(39)24-15-21(38)17-37(24)26(40)36-27(16-18-7-3-2-4-8-18,19-9-5-11-22(13-19)42-28(30,31)32)20-10-6-12-23(14-20)43-29(33,34)35/h2-16,18-19,21,30,42H,17,20H2,1H3,(H2,43,44,46);1-8,10-17,20-21,30H,9,18-19,22-23H2,(H,42,45);2-14,21,24,38H,15-17H2,1H3,(H,36,40)/t2*30-;21-,24+/m101/s1. The summed E-state index contributed by atoms with van der Waals surface area (Å²) in [4.78, 5) is 86.0. The lowest BCUT2D eigenvalue weighted by Gasteiger charge is -2.39. The third-order valence-electron chi connectivity index (χ3n) is 22.2. The van der Waals surface area contributed by atoms with Gasteiger partial charge >= 0.3 is 74.2 Å². The monoisotopic (exact) mass is 1970 g/mol. The van der Waals surface area contributed by atoms with Crippen LogP contribution >= 0.6 is 0 Å². The van der Waals surface area contributed by atoms with Gasteiger partial charge in [-0.3, -0.25) is 0 Å². The number of para-hydroxylation sites is 1. The van der Waals surface area contributed by atoms with Gasteiger partial charge in [-0.1, -0.05) is 212 Å². The molecule has 3 heterocycles. The molecule has 2 fully saturated rings. The number of ether oxygens (including phenoxy) is 9. The molecule has 0 aliphatic carbocycles. The van der Waals surface area contributed by atoms with Crippen LogP contribution in [0, 0.1) is 0 Å². The summed E-state index contributed by atoms with van der Waals surface area (Å²) in [7, 11) is 2.24. The first-order valence-electron chi connectivity index (χ1n) is 42.4. The van der Waals surface area contributed by atoms with Gasteiger partial charge < -0.3 is 83.8 Å².